The van der Waals surface area contributed by atoms with Gasteiger partial charge in [-0.15, -0.1) is 24.0 Å². The molecule has 4 rings (SSSR count). The van der Waals surface area contributed by atoms with Crippen molar-refractivity contribution in [1.29, 1.82) is 0 Å². The zero-order valence-corrected chi connectivity index (χ0v) is 21.2. The minimum absolute atomic E-state index is 0. The summed E-state index contributed by atoms with van der Waals surface area (Å²) in [6.07, 6.45) is 5.77. The summed E-state index contributed by atoms with van der Waals surface area (Å²) in [5.74, 6) is 2.75. The summed E-state index contributed by atoms with van der Waals surface area (Å²) in [5.41, 5.74) is 1.11. The molecule has 2 aromatic heterocycles. The zero-order valence-electron chi connectivity index (χ0n) is 18.9. The van der Waals surface area contributed by atoms with Gasteiger partial charge in [0.15, 0.2) is 5.96 Å². The van der Waals surface area contributed by atoms with E-state index in [2.05, 4.69) is 60.9 Å². The van der Waals surface area contributed by atoms with E-state index in [-0.39, 0.29) is 30.1 Å². The quantitative estimate of drug-likeness (QED) is 0.343. The highest BCUT2D eigenvalue weighted by molar-refractivity contribution is 14.0. The van der Waals surface area contributed by atoms with E-state index in [1.54, 1.807) is 12.4 Å². The number of ether oxygens (including phenoxy) is 1. The number of pyridine rings is 1. The first-order chi connectivity index (χ1) is 15.2. The Morgan fingerprint density at radius 2 is 1.88 bits per heavy atom. The molecule has 10 heteroatoms. The van der Waals surface area contributed by atoms with Crippen LogP contribution >= 0.6 is 24.0 Å². The van der Waals surface area contributed by atoms with Crippen LogP contribution in [0.4, 0.5) is 11.8 Å². The fraction of sp³-hybridized carbons (Fsp3) is 0.545. The van der Waals surface area contributed by atoms with Crippen molar-refractivity contribution in [1.82, 2.24) is 25.2 Å². The summed E-state index contributed by atoms with van der Waals surface area (Å²) in [4.78, 5) is 25.1. The minimum atomic E-state index is 0. The number of halogens is 1. The van der Waals surface area contributed by atoms with E-state index < -0.39 is 0 Å². The van der Waals surface area contributed by atoms with Gasteiger partial charge in [0.25, 0.3) is 0 Å². The van der Waals surface area contributed by atoms with E-state index in [9.17, 15) is 0 Å². The van der Waals surface area contributed by atoms with E-state index in [0.717, 1.165) is 75.7 Å². The summed E-state index contributed by atoms with van der Waals surface area (Å²) in [5, 5.41) is 3.43. The maximum absolute atomic E-state index is 5.62. The van der Waals surface area contributed by atoms with E-state index in [1.165, 1.54) is 0 Å². The first kappa shape index (κ1) is 24.4. The molecule has 0 saturated carbocycles. The van der Waals surface area contributed by atoms with Gasteiger partial charge in [0, 0.05) is 64.4 Å². The van der Waals surface area contributed by atoms with Gasteiger partial charge in [0.2, 0.25) is 5.95 Å². The van der Waals surface area contributed by atoms with Gasteiger partial charge in [-0.3, -0.25) is 0 Å². The third-order valence-electron chi connectivity index (χ3n) is 5.53. The predicted molar refractivity (Wildman–Crippen MR) is 138 cm³/mol. The fourth-order valence-electron chi connectivity index (χ4n) is 3.89. The SMILES string of the molecule is CCNC(=NCc1ccc(N2CCOC(C)C2)nc1)N1CCN(c2ncccn2)CC1.I. The Morgan fingerprint density at radius 1 is 1.09 bits per heavy atom. The topological polar surface area (TPSA) is 82.0 Å². The average molecular weight is 552 g/mol. The van der Waals surface area contributed by atoms with Crippen LogP contribution in [0.5, 0.6) is 0 Å². The van der Waals surface area contributed by atoms with Crippen LogP contribution in [0.3, 0.4) is 0 Å². The number of nitrogens with one attached hydrogen (secondary N) is 1. The van der Waals surface area contributed by atoms with Crippen molar-refractivity contribution in [3.63, 3.8) is 0 Å². The van der Waals surface area contributed by atoms with Crippen molar-refractivity contribution in [3.8, 4) is 0 Å². The lowest BCUT2D eigenvalue weighted by molar-refractivity contribution is 0.0529. The minimum Gasteiger partial charge on any atom is -0.375 e. The summed E-state index contributed by atoms with van der Waals surface area (Å²) < 4.78 is 5.62. The fourth-order valence-corrected chi connectivity index (χ4v) is 3.89. The summed E-state index contributed by atoms with van der Waals surface area (Å²) in [6.45, 7) is 11.7. The first-order valence-electron chi connectivity index (χ1n) is 11.1. The molecule has 2 aliphatic heterocycles. The van der Waals surface area contributed by atoms with Crippen LogP contribution in [0.25, 0.3) is 0 Å². The Morgan fingerprint density at radius 3 is 2.53 bits per heavy atom. The number of piperazine rings is 1. The number of rotatable bonds is 5. The maximum atomic E-state index is 5.62. The van der Waals surface area contributed by atoms with E-state index in [0.29, 0.717) is 6.54 Å². The summed E-state index contributed by atoms with van der Waals surface area (Å²) in [7, 11) is 0. The molecule has 0 aliphatic carbocycles. The second kappa shape index (κ2) is 12.1. The molecule has 1 atom stereocenters. The molecular weight excluding hydrogens is 519 g/mol. The zero-order chi connectivity index (χ0) is 21.5. The molecule has 0 aromatic carbocycles. The van der Waals surface area contributed by atoms with Gasteiger partial charge in [0.05, 0.1) is 19.3 Å². The number of morpholine rings is 1. The third kappa shape index (κ3) is 6.41. The van der Waals surface area contributed by atoms with Crippen LogP contribution < -0.4 is 15.1 Å². The monoisotopic (exact) mass is 552 g/mol. The van der Waals surface area contributed by atoms with Crippen LogP contribution in [0.1, 0.15) is 19.4 Å². The van der Waals surface area contributed by atoms with Crippen molar-refractivity contribution in [2.24, 2.45) is 4.99 Å². The average Bonchev–Trinajstić information content (AvgIpc) is 2.83. The second-order valence-electron chi connectivity index (χ2n) is 7.85. The molecule has 9 nitrogen and oxygen atoms in total. The number of guanidine groups is 1. The first-order valence-corrected chi connectivity index (χ1v) is 11.1. The van der Waals surface area contributed by atoms with Gasteiger partial charge in [0.1, 0.15) is 5.82 Å². The molecule has 4 heterocycles. The van der Waals surface area contributed by atoms with Crippen LogP contribution in [0.2, 0.25) is 0 Å². The van der Waals surface area contributed by atoms with E-state index in [1.807, 2.05) is 12.3 Å². The van der Waals surface area contributed by atoms with E-state index >= 15 is 0 Å². The number of hydrogen-bond donors (Lipinski definition) is 1. The highest BCUT2D eigenvalue weighted by Crippen LogP contribution is 2.16. The van der Waals surface area contributed by atoms with E-state index in [4.69, 9.17) is 9.73 Å². The molecule has 2 aromatic rings. The van der Waals surface area contributed by atoms with Crippen LogP contribution in [0, 0.1) is 0 Å². The van der Waals surface area contributed by atoms with Crippen LogP contribution in [-0.4, -0.2) is 84.3 Å². The normalized spacial score (nSPS) is 19.5. The molecule has 2 fully saturated rings. The van der Waals surface area contributed by atoms with Crippen molar-refractivity contribution in [3.05, 3.63) is 42.4 Å². The standard InChI is InChI=1S/C22H32N8O.HI/c1-3-23-21(28-9-11-29(12-10-28)22-24-7-4-8-25-22)27-16-19-5-6-20(26-15-19)30-13-14-31-18(2)17-30;/h4-8,15,18H,3,9-14,16-17H2,1-2H3,(H,23,27);1H. The van der Waals surface area contributed by atoms with Crippen LogP contribution in [-0.2, 0) is 11.3 Å². The summed E-state index contributed by atoms with van der Waals surface area (Å²) >= 11 is 0. The molecule has 0 radical (unpaired) electrons. The summed E-state index contributed by atoms with van der Waals surface area (Å²) in [6, 6.07) is 6.06. The lowest BCUT2D eigenvalue weighted by Crippen LogP contribution is -2.52. The van der Waals surface area contributed by atoms with Gasteiger partial charge in [-0.05, 0) is 31.5 Å². The van der Waals surface area contributed by atoms with Crippen molar-refractivity contribution in [2.45, 2.75) is 26.5 Å². The molecular formula is C22H33IN8O. The van der Waals surface area contributed by atoms with Gasteiger partial charge in [-0.25, -0.2) is 19.9 Å². The van der Waals surface area contributed by atoms with Crippen molar-refractivity contribution >= 4 is 41.7 Å². The maximum Gasteiger partial charge on any atom is 0.225 e. The second-order valence-corrected chi connectivity index (χ2v) is 7.85. The number of aromatic nitrogens is 3. The molecule has 0 bridgehead atoms. The van der Waals surface area contributed by atoms with Gasteiger partial charge in [-0.2, -0.15) is 0 Å². The lowest BCUT2D eigenvalue weighted by Gasteiger charge is -2.36. The van der Waals surface area contributed by atoms with Crippen molar-refractivity contribution in [2.75, 3.05) is 62.2 Å². The van der Waals surface area contributed by atoms with Crippen molar-refractivity contribution < 1.29 is 4.74 Å². The predicted octanol–water partition coefficient (Wildman–Crippen LogP) is 2.00. The molecule has 0 spiro atoms. The molecule has 2 saturated heterocycles. The largest absolute Gasteiger partial charge is 0.375 e. The third-order valence-corrected chi connectivity index (χ3v) is 5.53. The smallest absolute Gasteiger partial charge is 0.225 e. The highest BCUT2D eigenvalue weighted by atomic mass is 127. The molecule has 2 aliphatic rings. The Bertz CT molecular complexity index is 843. The van der Waals surface area contributed by atoms with Gasteiger partial charge < -0.3 is 24.8 Å². The molecule has 1 unspecified atom stereocenters. The Balaban J connectivity index is 0.00000289. The number of anilines is 2. The molecule has 0 amide bonds. The molecule has 32 heavy (non-hydrogen) atoms. The molecule has 174 valence electrons. The number of aliphatic imine (C=N–C) groups is 1. The van der Waals surface area contributed by atoms with Gasteiger partial charge >= 0.3 is 0 Å². The number of hydrogen-bond acceptors (Lipinski definition) is 7. The Hall–Kier alpha value is -2.21. The Kier molecular flexibility index (Phi) is 9.27. The lowest BCUT2D eigenvalue weighted by atomic mass is 10.2. The van der Waals surface area contributed by atoms with Gasteiger partial charge in [-0.1, -0.05) is 6.07 Å². The highest BCUT2D eigenvalue weighted by Gasteiger charge is 2.21. The number of nitrogens with zero attached hydrogens (tertiary/aromatic N) is 7. The van der Waals surface area contributed by atoms with Crippen LogP contribution in [0.15, 0.2) is 41.8 Å². The molecule has 1 N–H and O–H groups in total. The Labute approximate surface area is 207 Å².